The van der Waals surface area contributed by atoms with Gasteiger partial charge in [0.25, 0.3) is 0 Å². The third-order valence-electron chi connectivity index (χ3n) is 9.14. The topological polar surface area (TPSA) is 65.1 Å². The maximum Gasteiger partial charge on any atom is 0.125 e. The van der Waals surface area contributed by atoms with E-state index >= 15 is 0 Å². The number of aromatic nitrogens is 1. The van der Waals surface area contributed by atoms with Gasteiger partial charge in [0.05, 0.1) is 22.7 Å². The molecule has 1 unspecified atom stereocenters. The Hall–Kier alpha value is -6.74. The summed E-state index contributed by atoms with van der Waals surface area (Å²) in [5.74, 6) is 0. The van der Waals surface area contributed by atoms with E-state index in [-0.39, 0.29) is 6.17 Å². The third kappa shape index (κ3) is 6.78. The van der Waals surface area contributed by atoms with Gasteiger partial charge in [-0.15, -0.1) is 0 Å². The Morgan fingerprint density at radius 2 is 1.39 bits per heavy atom. The number of anilines is 2. The number of hydrogen-bond donors (Lipinski definition) is 2. The maximum atomic E-state index is 9.41. The van der Waals surface area contributed by atoms with E-state index in [0.717, 1.165) is 50.3 Å². The molecule has 0 aliphatic carbocycles. The predicted octanol–water partition coefficient (Wildman–Crippen LogP) is 11.0. The van der Waals surface area contributed by atoms with Gasteiger partial charge in [-0.05, 0) is 76.9 Å². The lowest BCUT2D eigenvalue weighted by atomic mass is 10.0. The molecule has 2 N–H and O–H groups in total. The number of rotatable bonds is 10. The highest BCUT2D eigenvalue weighted by Gasteiger charge is 2.15. The van der Waals surface area contributed by atoms with Crippen LogP contribution in [-0.4, -0.2) is 10.8 Å². The number of benzene rings is 7. The van der Waals surface area contributed by atoms with Crippen LogP contribution >= 0.6 is 0 Å². The predicted molar refractivity (Wildman–Crippen MR) is 211 cm³/mol. The van der Waals surface area contributed by atoms with Crippen molar-refractivity contribution in [3.05, 3.63) is 198 Å². The molecule has 0 aliphatic rings. The average molecular weight is 658 g/mol. The molecule has 0 radical (unpaired) electrons. The number of para-hydroxylation sites is 2. The molecule has 0 aliphatic heterocycles. The summed E-state index contributed by atoms with van der Waals surface area (Å²) < 4.78 is 2.36. The van der Waals surface area contributed by atoms with Crippen LogP contribution in [0.3, 0.4) is 0 Å². The van der Waals surface area contributed by atoms with E-state index in [0.29, 0.717) is 12.1 Å². The van der Waals surface area contributed by atoms with Crippen LogP contribution in [0.15, 0.2) is 181 Å². The van der Waals surface area contributed by atoms with Crippen LogP contribution in [-0.2, 0) is 6.54 Å². The van der Waals surface area contributed by atoms with Crippen LogP contribution in [0.25, 0.3) is 38.6 Å². The molecule has 1 aromatic heterocycles. The number of nitrogens with one attached hydrogen (secondary N) is 2. The first kappa shape index (κ1) is 31.5. The van der Waals surface area contributed by atoms with Crippen LogP contribution in [0.5, 0.6) is 0 Å². The first-order chi connectivity index (χ1) is 25.2. The smallest absolute Gasteiger partial charge is 0.125 e. The molecular formula is C46H35N5. The van der Waals surface area contributed by atoms with Crippen molar-refractivity contribution in [3.8, 4) is 22.9 Å². The van der Waals surface area contributed by atoms with Crippen molar-refractivity contribution in [2.45, 2.75) is 12.7 Å². The number of nitrogens with zero attached hydrogens (tertiary/aromatic N) is 3. The maximum absolute atomic E-state index is 9.41. The van der Waals surface area contributed by atoms with Gasteiger partial charge >= 0.3 is 0 Å². The Bertz CT molecular complexity index is 2530. The largest absolute Gasteiger partial charge is 0.355 e. The number of fused-ring (bicyclic) bond motifs is 3. The minimum atomic E-state index is -0.186. The fourth-order valence-electron chi connectivity index (χ4n) is 6.70. The van der Waals surface area contributed by atoms with Gasteiger partial charge in [-0.2, -0.15) is 5.26 Å². The van der Waals surface area contributed by atoms with Crippen LogP contribution in [0.1, 0.15) is 28.4 Å². The Kier molecular flexibility index (Phi) is 8.90. The van der Waals surface area contributed by atoms with E-state index in [1.54, 1.807) is 0 Å². The summed E-state index contributed by atoms with van der Waals surface area (Å²) in [6, 6.07) is 62.8. The molecular weight excluding hydrogens is 623 g/mol. The van der Waals surface area contributed by atoms with Crippen LogP contribution in [0, 0.1) is 11.3 Å². The molecule has 0 amide bonds. The fourth-order valence-corrected chi connectivity index (χ4v) is 6.70. The molecule has 5 nitrogen and oxygen atoms in total. The SMILES string of the molecule is N#Cc1cccc(Nc2ccccc2-c2ccc3c(c2)c2ccccc2n3-c2cccc(CNC(/N=C/c3ccccc3)c3ccccc3)c2)c1. The van der Waals surface area contributed by atoms with Gasteiger partial charge in [-0.25, -0.2) is 0 Å². The minimum Gasteiger partial charge on any atom is -0.355 e. The fraction of sp³-hybridized carbons (Fsp3) is 0.0435. The summed E-state index contributed by atoms with van der Waals surface area (Å²) in [4.78, 5) is 4.95. The van der Waals surface area contributed by atoms with Gasteiger partial charge < -0.3 is 9.88 Å². The summed E-state index contributed by atoms with van der Waals surface area (Å²) in [6.45, 7) is 0.655. The molecule has 0 fully saturated rings. The molecule has 5 heteroatoms. The van der Waals surface area contributed by atoms with Gasteiger partial charge in [0.15, 0.2) is 0 Å². The first-order valence-electron chi connectivity index (χ1n) is 17.1. The number of aliphatic imine (C=N–C) groups is 1. The van der Waals surface area contributed by atoms with E-state index in [4.69, 9.17) is 4.99 Å². The highest BCUT2D eigenvalue weighted by molar-refractivity contribution is 6.10. The van der Waals surface area contributed by atoms with Gasteiger partial charge in [-0.1, -0.05) is 121 Å². The van der Waals surface area contributed by atoms with E-state index in [9.17, 15) is 5.26 Å². The lowest BCUT2D eigenvalue weighted by Crippen LogP contribution is -2.19. The summed E-state index contributed by atoms with van der Waals surface area (Å²) in [5, 5.41) is 19.0. The molecule has 0 bridgehead atoms. The summed E-state index contributed by atoms with van der Waals surface area (Å²) in [6.07, 6.45) is 1.75. The molecule has 0 spiro atoms. The number of hydrogen-bond acceptors (Lipinski definition) is 4. The molecule has 51 heavy (non-hydrogen) atoms. The summed E-state index contributed by atoms with van der Waals surface area (Å²) in [7, 11) is 0. The molecule has 7 aromatic carbocycles. The Balaban J connectivity index is 1.12. The second-order valence-electron chi connectivity index (χ2n) is 12.5. The zero-order valence-electron chi connectivity index (χ0n) is 27.9. The van der Waals surface area contributed by atoms with Crippen molar-refractivity contribution in [3.63, 3.8) is 0 Å². The second kappa shape index (κ2) is 14.4. The molecule has 0 saturated carbocycles. The van der Waals surface area contributed by atoms with E-state index in [1.165, 1.54) is 16.3 Å². The van der Waals surface area contributed by atoms with Crippen LogP contribution < -0.4 is 10.6 Å². The molecule has 0 saturated heterocycles. The van der Waals surface area contributed by atoms with E-state index in [1.807, 2.05) is 60.8 Å². The standard InChI is InChI=1S/C46H35N5/c47-30-34-15-11-19-38(27-34)50-43-23-9-7-21-40(43)37-25-26-45-42(29-37)41-22-8-10-24-44(41)51(45)39-20-12-16-35(28-39)32-49-46(36-17-5-2-6-18-36)48-31-33-13-3-1-4-14-33/h1-29,31,46,49-50H,32H2/b48-31+. The van der Waals surface area contributed by atoms with Gasteiger partial charge in [0.1, 0.15) is 6.17 Å². The van der Waals surface area contributed by atoms with E-state index < -0.39 is 0 Å². The lowest BCUT2D eigenvalue weighted by Gasteiger charge is -2.16. The van der Waals surface area contributed by atoms with Crippen molar-refractivity contribution in [2.75, 3.05) is 5.32 Å². The third-order valence-corrected chi connectivity index (χ3v) is 9.14. The molecule has 8 aromatic rings. The first-order valence-corrected chi connectivity index (χ1v) is 17.1. The normalized spacial score (nSPS) is 11.9. The average Bonchev–Trinajstić information content (AvgIpc) is 3.53. The van der Waals surface area contributed by atoms with Crippen molar-refractivity contribution < 1.29 is 0 Å². The van der Waals surface area contributed by atoms with Crippen molar-refractivity contribution >= 4 is 39.4 Å². The van der Waals surface area contributed by atoms with Crippen molar-refractivity contribution in [1.82, 2.24) is 9.88 Å². The quantitative estimate of drug-likeness (QED) is 0.144. The monoisotopic (exact) mass is 657 g/mol. The Labute approximate surface area is 297 Å². The van der Waals surface area contributed by atoms with Crippen LogP contribution in [0.2, 0.25) is 0 Å². The van der Waals surface area contributed by atoms with E-state index in [2.05, 4.69) is 143 Å². The lowest BCUT2D eigenvalue weighted by molar-refractivity contribution is 0.556. The van der Waals surface area contributed by atoms with Gasteiger partial charge in [-0.3, -0.25) is 10.3 Å². The molecule has 1 heterocycles. The molecule has 244 valence electrons. The Morgan fingerprint density at radius 1 is 0.647 bits per heavy atom. The second-order valence-corrected chi connectivity index (χ2v) is 12.5. The zero-order chi connectivity index (χ0) is 34.4. The molecule has 1 atom stereocenters. The Morgan fingerprint density at radius 3 is 2.25 bits per heavy atom. The minimum absolute atomic E-state index is 0.186. The summed E-state index contributed by atoms with van der Waals surface area (Å²) in [5.41, 5.74) is 11.5. The van der Waals surface area contributed by atoms with Crippen molar-refractivity contribution in [1.29, 1.82) is 5.26 Å². The molecule has 8 rings (SSSR count). The number of nitriles is 1. The highest BCUT2D eigenvalue weighted by Crippen LogP contribution is 2.37. The highest BCUT2D eigenvalue weighted by atomic mass is 15.1. The van der Waals surface area contributed by atoms with Crippen LogP contribution in [0.4, 0.5) is 11.4 Å². The van der Waals surface area contributed by atoms with Crippen molar-refractivity contribution in [2.24, 2.45) is 4.99 Å². The summed E-state index contributed by atoms with van der Waals surface area (Å²) >= 11 is 0. The zero-order valence-corrected chi connectivity index (χ0v) is 27.9. The van der Waals surface area contributed by atoms with Gasteiger partial charge in [0, 0.05) is 46.2 Å². The van der Waals surface area contributed by atoms with Gasteiger partial charge in [0.2, 0.25) is 0 Å².